The maximum absolute atomic E-state index is 12.5. The molecule has 1 fully saturated rings. The third kappa shape index (κ3) is 45.2. The summed E-state index contributed by atoms with van der Waals surface area (Å²) in [5.41, 5.74) is -1.12. The van der Waals surface area contributed by atoms with E-state index in [1.165, 1.54) is 308 Å². The first-order chi connectivity index (χ1) is 34.6. The molecule has 6 nitrogen and oxygen atoms in total. The van der Waals surface area contributed by atoms with Crippen LogP contribution in [-0.4, -0.2) is 48.6 Å². The van der Waals surface area contributed by atoms with Gasteiger partial charge in [-0.15, -0.1) is 0 Å². The van der Waals surface area contributed by atoms with Crippen molar-refractivity contribution in [1.29, 1.82) is 0 Å². The van der Waals surface area contributed by atoms with Gasteiger partial charge in [0, 0.05) is 0 Å². The molecule has 0 spiro atoms. The van der Waals surface area contributed by atoms with Gasteiger partial charge in [0.25, 0.3) is 0 Å². The number of rotatable bonds is 55. The Hall–Kier alpha value is -1.40. The van der Waals surface area contributed by atoms with Crippen LogP contribution in [0.4, 0.5) is 0 Å². The van der Waals surface area contributed by atoms with Crippen LogP contribution in [0.1, 0.15) is 347 Å². The molecule has 0 aromatic rings. The van der Waals surface area contributed by atoms with E-state index in [2.05, 4.69) is 19.1 Å². The number of carbonyl (C=O) groups is 2. The molecular weight excluding hydrogens is 865 g/mol. The summed E-state index contributed by atoms with van der Waals surface area (Å²) in [4.78, 5) is 24.7. The van der Waals surface area contributed by atoms with Crippen molar-refractivity contribution in [3.05, 3.63) is 12.2 Å². The summed E-state index contributed by atoms with van der Waals surface area (Å²) in [7, 11) is 0. The van der Waals surface area contributed by atoms with E-state index >= 15 is 0 Å². The topological polar surface area (TPSA) is 93.1 Å². The zero-order valence-corrected chi connectivity index (χ0v) is 47.1. The Morgan fingerprint density at radius 1 is 0.371 bits per heavy atom. The number of aliphatic hydroxyl groups excluding tert-OH is 2. The van der Waals surface area contributed by atoms with Gasteiger partial charge in [0.1, 0.15) is 13.2 Å². The lowest BCUT2D eigenvalue weighted by Crippen LogP contribution is -2.40. The molecule has 2 N–H and O–H groups in total. The minimum absolute atomic E-state index is 0.00525. The minimum Gasteiger partial charge on any atom is -0.465 e. The molecule has 1 aliphatic rings. The highest BCUT2D eigenvalue weighted by Crippen LogP contribution is 2.25. The highest BCUT2D eigenvalue weighted by molar-refractivity contribution is 5.80. The van der Waals surface area contributed by atoms with Crippen LogP contribution >= 0.6 is 0 Å². The first kappa shape index (κ1) is 66.6. The summed E-state index contributed by atoms with van der Waals surface area (Å²) < 4.78 is 10.6. The van der Waals surface area contributed by atoms with Gasteiger partial charge in [0.05, 0.1) is 31.0 Å². The van der Waals surface area contributed by atoms with Gasteiger partial charge >= 0.3 is 11.9 Å². The predicted molar refractivity (Wildman–Crippen MR) is 302 cm³/mol. The van der Waals surface area contributed by atoms with E-state index < -0.39 is 36.5 Å². The van der Waals surface area contributed by atoms with Crippen molar-refractivity contribution in [1.82, 2.24) is 0 Å². The minimum atomic E-state index is -1.12. The van der Waals surface area contributed by atoms with Crippen molar-refractivity contribution in [2.45, 2.75) is 347 Å². The van der Waals surface area contributed by atoms with E-state index in [-0.39, 0.29) is 19.6 Å². The molecule has 0 aromatic heterocycles. The summed E-state index contributed by atoms with van der Waals surface area (Å²) in [5, 5.41) is 19.2. The highest BCUT2D eigenvalue weighted by Gasteiger charge is 2.36. The molecule has 1 unspecified atom stereocenters. The number of hydrogen-bond acceptors (Lipinski definition) is 6. The molecule has 1 rings (SSSR count). The Labute approximate surface area is 436 Å². The Balaban J connectivity index is 1.67. The normalized spacial score (nSPS) is 15.3. The van der Waals surface area contributed by atoms with Crippen molar-refractivity contribution in [3.63, 3.8) is 0 Å². The first-order valence-electron chi connectivity index (χ1n) is 31.7. The van der Waals surface area contributed by atoms with Gasteiger partial charge in [-0.2, -0.15) is 0 Å². The average molecular weight is 988 g/mol. The Morgan fingerprint density at radius 3 is 0.843 bits per heavy atom. The van der Waals surface area contributed by atoms with Gasteiger partial charge in [-0.05, 0) is 26.2 Å². The van der Waals surface area contributed by atoms with Crippen LogP contribution in [0, 0.1) is 11.3 Å². The molecule has 0 aromatic carbocycles. The van der Waals surface area contributed by atoms with E-state index in [0.29, 0.717) is 6.42 Å². The number of cyclic esters (lactones) is 2. The quantitative estimate of drug-likeness (QED) is 0.0358. The number of aliphatic hydroxyl groups is 2. The molecular formula is C64H122O6. The number of hydrogen-bond donors (Lipinski definition) is 2. The van der Waals surface area contributed by atoms with Crippen LogP contribution in [0.3, 0.4) is 0 Å². The Kier molecular flexibility index (Phi) is 51.3. The molecule has 6 heteroatoms. The number of allylic oxidation sites excluding steroid dienone is 2. The first-order valence-corrected chi connectivity index (χ1v) is 31.7. The van der Waals surface area contributed by atoms with Gasteiger partial charge in [-0.3, -0.25) is 9.59 Å². The van der Waals surface area contributed by atoms with Crippen molar-refractivity contribution < 1.29 is 29.3 Å². The maximum Gasteiger partial charge on any atom is 0.309 e. The summed E-state index contributed by atoms with van der Waals surface area (Å²) in [5.74, 6) is -1.40. The summed E-state index contributed by atoms with van der Waals surface area (Å²) in [6.07, 6.45) is 77.3. The second-order valence-corrected chi connectivity index (χ2v) is 22.8. The molecule has 0 radical (unpaired) electrons. The zero-order valence-electron chi connectivity index (χ0n) is 47.1. The maximum atomic E-state index is 12.5. The van der Waals surface area contributed by atoms with Crippen LogP contribution in [0.5, 0.6) is 0 Å². The number of ether oxygens (including phenoxy) is 2. The molecule has 1 aliphatic heterocycles. The van der Waals surface area contributed by atoms with Crippen LogP contribution < -0.4 is 0 Å². The second-order valence-electron chi connectivity index (χ2n) is 22.8. The van der Waals surface area contributed by atoms with E-state index in [1.54, 1.807) is 0 Å². The van der Waals surface area contributed by atoms with Gasteiger partial charge < -0.3 is 19.7 Å². The smallest absolute Gasteiger partial charge is 0.309 e. The Bertz CT molecular complexity index is 1100. The number of carbonyl (C=O) groups excluding carboxylic acids is 2. The molecule has 1 heterocycles. The van der Waals surface area contributed by atoms with Crippen molar-refractivity contribution in [3.8, 4) is 0 Å². The van der Waals surface area contributed by atoms with Crippen molar-refractivity contribution in [2.24, 2.45) is 11.3 Å². The standard InChI is InChI=1S/C64H122O6/c1-2-3-4-5-6-7-8-9-10-11-12-13-14-15-16-17-18-19-20-21-22-23-24-25-26-27-28-29-30-31-32-33-34-35-36-37-38-39-40-41-42-43-44-45-46-47-48-49-50-51-52-53-54-55-61-56-62(67)69-59-64(57-65,58-66)60-70-63(61)68/h2-3,61,65-66H,4-60H2,1H3/b3-2+. The average Bonchev–Trinajstić information content (AvgIpc) is 3.43. The monoisotopic (exact) mass is 987 g/mol. The van der Waals surface area contributed by atoms with Crippen molar-refractivity contribution >= 4 is 11.9 Å². The molecule has 0 bridgehead atoms. The fourth-order valence-corrected chi connectivity index (χ4v) is 10.7. The SMILES string of the molecule is C/C=C/CCCCCCCCCCCCCCCCCCCCCCCCCCCCCCCCCCCCCCCCCCCCCCCCCCCCC1CC(=O)OCC(CO)(CO)COC1=O. The van der Waals surface area contributed by atoms with Gasteiger partial charge in [0.15, 0.2) is 0 Å². The largest absolute Gasteiger partial charge is 0.465 e. The number of unbranched alkanes of at least 4 members (excludes halogenated alkanes) is 50. The fraction of sp³-hybridized carbons (Fsp3) is 0.938. The third-order valence-corrected chi connectivity index (χ3v) is 15.9. The lowest BCUT2D eigenvalue weighted by Gasteiger charge is -2.27. The summed E-state index contributed by atoms with van der Waals surface area (Å²) in [6.45, 7) is 1.03. The lowest BCUT2D eigenvalue weighted by molar-refractivity contribution is -0.155. The van der Waals surface area contributed by atoms with Crippen LogP contribution in [0.25, 0.3) is 0 Å². The molecule has 1 atom stereocenters. The second kappa shape index (κ2) is 53.9. The van der Waals surface area contributed by atoms with E-state index in [9.17, 15) is 19.8 Å². The molecule has 0 saturated carbocycles. The lowest BCUT2D eigenvalue weighted by atomic mass is 9.92. The molecule has 414 valence electrons. The van der Waals surface area contributed by atoms with Gasteiger partial charge in [-0.1, -0.05) is 327 Å². The molecule has 0 amide bonds. The van der Waals surface area contributed by atoms with Crippen LogP contribution in [-0.2, 0) is 19.1 Å². The van der Waals surface area contributed by atoms with Crippen LogP contribution in [0.15, 0.2) is 12.2 Å². The third-order valence-electron chi connectivity index (χ3n) is 15.9. The van der Waals surface area contributed by atoms with Crippen LogP contribution in [0.2, 0.25) is 0 Å². The van der Waals surface area contributed by atoms with E-state index in [0.717, 1.165) is 19.3 Å². The molecule has 70 heavy (non-hydrogen) atoms. The molecule has 0 aliphatic carbocycles. The van der Waals surface area contributed by atoms with E-state index in [4.69, 9.17) is 9.47 Å². The predicted octanol–water partition coefficient (Wildman–Crippen LogP) is 19.9. The molecule has 1 saturated heterocycles. The van der Waals surface area contributed by atoms with Gasteiger partial charge in [0.2, 0.25) is 0 Å². The van der Waals surface area contributed by atoms with E-state index in [1.807, 2.05) is 0 Å². The highest BCUT2D eigenvalue weighted by atomic mass is 16.6. The Morgan fingerprint density at radius 2 is 0.600 bits per heavy atom. The summed E-state index contributed by atoms with van der Waals surface area (Å²) >= 11 is 0. The van der Waals surface area contributed by atoms with Crippen molar-refractivity contribution in [2.75, 3.05) is 26.4 Å². The number of esters is 2. The zero-order chi connectivity index (χ0) is 50.4. The fourth-order valence-electron chi connectivity index (χ4n) is 10.7. The summed E-state index contributed by atoms with van der Waals surface area (Å²) in [6, 6.07) is 0. The van der Waals surface area contributed by atoms with Gasteiger partial charge in [-0.25, -0.2) is 0 Å².